The summed E-state index contributed by atoms with van der Waals surface area (Å²) in [5, 5.41) is 26.8. The molecule has 0 spiro atoms. The van der Waals surface area contributed by atoms with Gasteiger partial charge < -0.3 is 50.5 Å². The number of unbranched alkanes of at least 4 members (excludes halogenated alkanes) is 17. The van der Waals surface area contributed by atoms with Crippen LogP contribution in [0.5, 0.6) is 0 Å². The number of primary amides is 1. The van der Waals surface area contributed by atoms with Gasteiger partial charge in [-0.15, -0.1) is 0 Å². The van der Waals surface area contributed by atoms with E-state index >= 15 is 0 Å². The Labute approximate surface area is 488 Å². The smallest absolute Gasteiger partial charge is 0.306 e. The number of H-pyrrole nitrogens is 1. The van der Waals surface area contributed by atoms with Gasteiger partial charge in [-0.2, -0.15) is 0 Å². The summed E-state index contributed by atoms with van der Waals surface area (Å²) in [7, 11) is 0. The molecule has 0 bridgehead atoms. The normalized spacial score (nSPS) is 14.9. The van der Waals surface area contributed by atoms with Crippen LogP contribution in [0.3, 0.4) is 0 Å². The number of amides is 3. The number of aryl methyl sites for hydroxylation is 1. The molecule has 21 nitrogen and oxygen atoms in total. The standard InChI is InChI=1S/C61H104N6O15/c62-60(76)55(66-44-53(69)32-30-51-43-63-47-67-51)22-18-15-17-21-54(70)45-81-40-38-80-37-35-65-58(73)46-82-41-39-79-36-34-64-57(72)33-29-50(61(77)78)42-56(71)49-27-24-48(25-28-49)26-31-52(68)20-16-13-11-9-7-5-3-1-2-4-6-8-10-12-14-19-23-59(74)75/h43,47-50,55,66H,1-42,44-46H2,(H2,62,76)(H,63,67)(H,64,72)(H,65,73)(H,74,75)(H,77,78)/t48?,49?,50?,55-/m0/s1. The van der Waals surface area contributed by atoms with E-state index in [0.717, 1.165) is 63.5 Å². The minimum atomic E-state index is -1.09. The van der Waals surface area contributed by atoms with Crippen molar-refractivity contribution in [1.82, 2.24) is 25.9 Å². The van der Waals surface area contributed by atoms with Gasteiger partial charge >= 0.3 is 11.9 Å². The number of imidazole rings is 1. The van der Waals surface area contributed by atoms with Gasteiger partial charge in [-0.1, -0.05) is 103 Å². The molecule has 0 aliphatic heterocycles. The van der Waals surface area contributed by atoms with E-state index in [0.29, 0.717) is 82.3 Å². The lowest BCUT2D eigenvalue weighted by atomic mass is 9.76. The second kappa shape index (κ2) is 49.5. The first-order valence-corrected chi connectivity index (χ1v) is 31.1. The molecule has 1 saturated carbocycles. The molecule has 0 saturated heterocycles. The second-order valence-electron chi connectivity index (χ2n) is 22.2. The number of carbonyl (C=O) groups is 9. The maximum absolute atomic E-state index is 13.1. The number of carboxylic acid groups (broad SMARTS) is 2. The number of carboxylic acids is 2. The molecule has 1 aromatic rings. The van der Waals surface area contributed by atoms with Crippen LogP contribution in [0, 0.1) is 17.8 Å². The number of nitrogens with zero attached hydrogens (tertiary/aromatic N) is 1. The van der Waals surface area contributed by atoms with Crippen molar-refractivity contribution in [3.8, 4) is 0 Å². The summed E-state index contributed by atoms with van der Waals surface area (Å²) in [6.45, 7) is 1.56. The number of hydrogen-bond donors (Lipinski definition) is 7. The van der Waals surface area contributed by atoms with Gasteiger partial charge in [0, 0.05) is 75.8 Å². The molecule has 8 N–H and O–H groups in total. The molecule has 2 rings (SSSR count). The fourth-order valence-corrected chi connectivity index (χ4v) is 10.1. The first kappa shape index (κ1) is 73.1. The van der Waals surface area contributed by atoms with Gasteiger partial charge in [0.05, 0.1) is 64.5 Å². The third-order valence-electron chi connectivity index (χ3n) is 15.2. The van der Waals surface area contributed by atoms with E-state index < -0.39 is 29.8 Å². The fraction of sp³-hybridized carbons (Fsp3) is 0.803. The molecule has 1 heterocycles. The van der Waals surface area contributed by atoms with Gasteiger partial charge in [0.1, 0.15) is 30.6 Å². The number of ketones is 4. The van der Waals surface area contributed by atoms with E-state index in [9.17, 15) is 48.3 Å². The van der Waals surface area contributed by atoms with Crippen LogP contribution < -0.4 is 21.7 Å². The number of rotatable bonds is 58. The van der Waals surface area contributed by atoms with E-state index in [1.807, 2.05) is 0 Å². The van der Waals surface area contributed by atoms with E-state index in [1.165, 1.54) is 70.6 Å². The van der Waals surface area contributed by atoms with Gasteiger partial charge in [-0.25, -0.2) is 4.98 Å². The van der Waals surface area contributed by atoms with Gasteiger partial charge in [-0.05, 0) is 76.5 Å². The summed E-state index contributed by atoms with van der Waals surface area (Å²) in [4.78, 5) is 116. The second-order valence-corrected chi connectivity index (χ2v) is 22.2. The molecule has 1 unspecified atom stereocenters. The van der Waals surface area contributed by atoms with Crippen LogP contribution in [-0.4, -0.2) is 152 Å². The maximum atomic E-state index is 13.1. The highest BCUT2D eigenvalue weighted by molar-refractivity contribution is 5.86. The SMILES string of the molecule is NC(=O)[C@H](CCCCCC(=O)COCCOCCNC(=O)COCCOCCNC(=O)CCC(CC(=O)C1CCC(CCC(=O)CCCCCCCCCCCCCCCCCCC(=O)O)CC1)C(=O)O)NCC(=O)CCc1cnc[nH]1. The summed E-state index contributed by atoms with van der Waals surface area (Å²) < 4.78 is 21.6. The zero-order valence-corrected chi connectivity index (χ0v) is 49.5. The molecule has 1 fully saturated rings. The Balaban J connectivity index is 1.35. The van der Waals surface area contributed by atoms with Crippen molar-refractivity contribution in [2.45, 2.75) is 224 Å². The average molecular weight is 1160 g/mol. The zero-order valence-electron chi connectivity index (χ0n) is 49.5. The Hall–Kier alpha value is -4.96. The van der Waals surface area contributed by atoms with E-state index in [-0.39, 0.29) is 127 Å². The highest BCUT2D eigenvalue weighted by Crippen LogP contribution is 2.34. The number of hydrogen-bond acceptors (Lipinski definition) is 15. The van der Waals surface area contributed by atoms with Gasteiger partial charge in [0.25, 0.3) is 0 Å². The minimum Gasteiger partial charge on any atom is -0.481 e. The molecule has 21 heteroatoms. The third-order valence-corrected chi connectivity index (χ3v) is 15.2. The lowest BCUT2D eigenvalue weighted by Gasteiger charge is -2.28. The first-order valence-electron chi connectivity index (χ1n) is 31.1. The van der Waals surface area contributed by atoms with Gasteiger partial charge in [-0.3, -0.25) is 48.5 Å². The Morgan fingerprint density at radius 3 is 1.63 bits per heavy atom. The van der Waals surface area contributed by atoms with Crippen molar-refractivity contribution in [3.63, 3.8) is 0 Å². The molecule has 1 aliphatic rings. The average Bonchev–Trinajstić information content (AvgIpc) is 4.00. The number of aliphatic carboxylic acids is 2. The molecule has 0 radical (unpaired) electrons. The highest BCUT2D eigenvalue weighted by atomic mass is 16.5. The van der Waals surface area contributed by atoms with E-state index in [2.05, 4.69) is 25.9 Å². The zero-order chi connectivity index (χ0) is 59.7. The Bertz CT molecular complexity index is 1910. The summed E-state index contributed by atoms with van der Waals surface area (Å²) in [5.41, 5.74) is 6.37. The third kappa shape index (κ3) is 41.9. The number of ether oxygens (including phenoxy) is 4. The minimum absolute atomic E-state index is 0.0280. The summed E-state index contributed by atoms with van der Waals surface area (Å²) in [6.07, 6.45) is 31.3. The molecular formula is C61H104N6O15. The Morgan fingerprint density at radius 2 is 1.09 bits per heavy atom. The molecule has 82 heavy (non-hydrogen) atoms. The number of Topliss-reactive ketones (excluding diaryl/α,β-unsaturated/α-hetero) is 4. The fourth-order valence-electron chi connectivity index (χ4n) is 10.1. The van der Waals surface area contributed by atoms with Gasteiger partial charge in [0.2, 0.25) is 17.7 Å². The molecule has 0 aromatic carbocycles. The predicted octanol–water partition coefficient (Wildman–Crippen LogP) is 7.88. The number of nitrogens with one attached hydrogen (secondary N) is 4. The van der Waals surface area contributed by atoms with Crippen molar-refractivity contribution in [1.29, 1.82) is 0 Å². The Kier molecular flexibility index (Phi) is 44.1. The van der Waals surface area contributed by atoms with Crippen molar-refractivity contribution in [2.75, 3.05) is 72.5 Å². The van der Waals surface area contributed by atoms with Crippen LogP contribution >= 0.6 is 0 Å². The molecule has 468 valence electrons. The summed E-state index contributed by atoms with van der Waals surface area (Å²) in [5.74, 6) is -3.47. The van der Waals surface area contributed by atoms with Crippen LogP contribution in [0.1, 0.15) is 218 Å². The monoisotopic (exact) mass is 1160 g/mol. The van der Waals surface area contributed by atoms with Crippen LogP contribution in [0.15, 0.2) is 12.5 Å². The van der Waals surface area contributed by atoms with Gasteiger partial charge in [0.15, 0.2) is 5.78 Å². The highest BCUT2D eigenvalue weighted by Gasteiger charge is 2.30. The van der Waals surface area contributed by atoms with E-state index in [1.54, 1.807) is 12.5 Å². The number of aromatic nitrogens is 2. The van der Waals surface area contributed by atoms with Crippen LogP contribution in [-0.2, 0) is 68.5 Å². The first-order chi connectivity index (χ1) is 39.7. The van der Waals surface area contributed by atoms with Crippen molar-refractivity contribution in [2.24, 2.45) is 23.5 Å². The molecule has 1 aliphatic carbocycles. The predicted molar refractivity (Wildman–Crippen MR) is 311 cm³/mol. The summed E-state index contributed by atoms with van der Waals surface area (Å²) >= 11 is 0. The molecule has 1 aromatic heterocycles. The van der Waals surface area contributed by atoms with Crippen LogP contribution in [0.4, 0.5) is 0 Å². The van der Waals surface area contributed by atoms with E-state index in [4.69, 9.17) is 29.8 Å². The van der Waals surface area contributed by atoms with Crippen molar-refractivity contribution >= 4 is 52.8 Å². The van der Waals surface area contributed by atoms with Crippen molar-refractivity contribution in [3.05, 3.63) is 18.2 Å². The topological polar surface area (TPSA) is 322 Å². The van der Waals surface area contributed by atoms with Crippen molar-refractivity contribution < 1.29 is 72.3 Å². The number of carbonyl (C=O) groups excluding carboxylic acids is 7. The maximum Gasteiger partial charge on any atom is 0.306 e. The van der Waals surface area contributed by atoms with Crippen LogP contribution in [0.25, 0.3) is 0 Å². The van der Waals surface area contributed by atoms with Crippen LogP contribution in [0.2, 0.25) is 0 Å². The summed E-state index contributed by atoms with van der Waals surface area (Å²) in [6, 6.07) is -0.615. The molecular weight excluding hydrogens is 1060 g/mol. The molecule has 3 amide bonds. The molecule has 2 atom stereocenters. The quantitative estimate of drug-likeness (QED) is 0.0305. The lowest BCUT2D eigenvalue weighted by Crippen LogP contribution is -2.43. The largest absolute Gasteiger partial charge is 0.481 e. The number of aromatic amines is 1. The number of nitrogens with two attached hydrogens (primary N) is 1. The Morgan fingerprint density at radius 1 is 0.561 bits per heavy atom. The lowest BCUT2D eigenvalue weighted by molar-refractivity contribution is -0.145.